The summed E-state index contributed by atoms with van der Waals surface area (Å²) in [5.41, 5.74) is 15.0. The molecular weight excluding hydrogens is 653 g/mol. The summed E-state index contributed by atoms with van der Waals surface area (Å²) < 4.78 is 2.39. The van der Waals surface area contributed by atoms with Gasteiger partial charge in [0.1, 0.15) is 0 Å². The van der Waals surface area contributed by atoms with Crippen LogP contribution in [0.25, 0.3) is 49.7 Å². The highest BCUT2D eigenvalue weighted by atomic mass is 15.1. The lowest BCUT2D eigenvalue weighted by Gasteiger charge is -2.33. The van der Waals surface area contributed by atoms with E-state index < -0.39 is 0 Å². The first-order valence-corrected chi connectivity index (χ1v) is 19.1. The summed E-state index contributed by atoms with van der Waals surface area (Å²) in [6.45, 7) is 0. The molecule has 3 aliphatic rings. The molecule has 258 valence electrons. The standard InChI is InChI=1S/C52H40N2/c1-3-12-37(13-4-1)38-22-29-44(30-23-38)53(46-33-26-41(27-34-46)48-20-11-15-40-14-7-8-18-47(40)48)45-31-24-39(25-32-45)42-28-35-50-49-19-9-10-21-51(49)54(52(50)36-42)43-16-5-2-6-17-43/h1-26,28-33,35-36,40,47H,27,34H2. The molecule has 54 heavy (non-hydrogen) atoms. The highest BCUT2D eigenvalue weighted by molar-refractivity contribution is 6.10. The lowest BCUT2D eigenvalue weighted by molar-refractivity contribution is 0.621. The lowest BCUT2D eigenvalue weighted by atomic mass is 9.75. The minimum atomic E-state index is 0.420. The van der Waals surface area contributed by atoms with Crippen molar-refractivity contribution >= 4 is 33.2 Å². The van der Waals surface area contributed by atoms with Gasteiger partial charge in [-0.2, -0.15) is 0 Å². The Bertz CT molecular complexity index is 2680. The topological polar surface area (TPSA) is 8.17 Å². The number of hydrogen-bond acceptors (Lipinski definition) is 1. The minimum Gasteiger partial charge on any atom is -0.314 e. The van der Waals surface area contributed by atoms with Gasteiger partial charge >= 0.3 is 0 Å². The quantitative estimate of drug-likeness (QED) is 0.161. The number of benzene rings is 6. The molecule has 1 heterocycles. The first kappa shape index (κ1) is 32.0. The molecule has 0 radical (unpaired) electrons. The zero-order valence-corrected chi connectivity index (χ0v) is 30.1. The van der Waals surface area contributed by atoms with Gasteiger partial charge in [0.15, 0.2) is 0 Å². The fourth-order valence-corrected chi connectivity index (χ4v) is 8.61. The Balaban J connectivity index is 1.02. The van der Waals surface area contributed by atoms with E-state index in [4.69, 9.17) is 0 Å². The molecule has 0 saturated carbocycles. The Morgan fingerprint density at radius 1 is 0.463 bits per heavy atom. The predicted molar refractivity (Wildman–Crippen MR) is 228 cm³/mol. The van der Waals surface area contributed by atoms with Crippen LogP contribution in [0.15, 0.2) is 223 Å². The Kier molecular flexibility index (Phi) is 8.15. The van der Waals surface area contributed by atoms with Gasteiger partial charge in [-0.3, -0.25) is 0 Å². The van der Waals surface area contributed by atoms with Gasteiger partial charge in [-0.1, -0.05) is 152 Å². The number of nitrogens with zero attached hydrogens (tertiary/aromatic N) is 2. The van der Waals surface area contributed by atoms with E-state index in [1.54, 1.807) is 0 Å². The van der Waals surface area contributed by atoms with E-state index in [9.17, 15) is 0 Å². The summed E-state index contributed by atoms with van der Waals surface area (Å²) in [6.07, 6.45) is 22.6. The molecule has 7 aromatic rings. The van der Waals surface area contributed by atoms with Gasteiger partial charge in [-0.05, 0) is 101 Å². The van der Waals surface area contributed by atoms with Gasteiger partial charge in [0, 0.05) is 45.4 Å². The van der Waals surface area contributed by atoms with Gasteiger partial charge in [0.2, 0.25) is 0 Å². The molecule has 3 aliphatic carbocycles. The number of hydrogen-bond donors (Lipinski definition) is 0. The van der Waals surface area contributed by atoms with Crippen molar-refractivity contribution in [2.45, 2.75) is 12.8 Å². The van der Waals surface area contributed by atoms with Crippen LogP contribution >= 0.6 is 0 Å². The number of fused-ring (bicyclic) bond motifs is 4. The zero-order valence-electron chi connectivity index (χ0n) is 30.1. The Morgan fingerprint density at radius 3 is 1.81 bits per heavy atom. The third kappa shape index (κ3) is 5.77. The van der Waals surface area contributed by atoms with Gasteiger partial charge in [-0.25, -0.2) is 0 Å². The number of para-hydroxylation sites is 2. The van der Waals surface area contributed by atoms with Crippen molar-refractivity contribution in [3.63, 3.8) is 0 Å². The van der Waals surface area contributed by atoms with Crippen LogP contribution in [-0.4, -0.2) is 4.57 Å². The van der Waals surface area contributed by atoms with Gasteiger partial charge in [0.05, 0.1) is 11.0 Å². The number of allylic oxidation sites excluding steroid dienone is 12. The molecule has 0 N–H and O–H groups in total. The average Bonchev–Trinajstić information content (AvgIpc) is 3.59. The Hall–Kier alpha value is -6.64. The van der Waals surface area contributed by atoms with Gasteiger partial charge in [-0.15, -0.1) is 0 Å². The summed E-state index contributed by atoms with van der Waals surface area (Å²) in [5, 5.41) is 2.54. The Labute approximate surface area is 317 Å². The average molecular weight is 693 g/mol. The lowest BCUT2D eigenvalue weighted by Crippen LogP contribution is -2.20. The van der Waals surface area contributed by atoms with Crippen molar-refractivity contribution in [1.82, 2.24) is 4.57 Å². The van der Waals surface area contributed by atoms with Crippen LogP contribution in [0.4, 0.5) is 11.4 Å². The molecule has 2 heteroatoms. The maximum atomic E-state index is 2.45. The van der Waals surface area contributed by atoms with Crippen LogP contribution in [0.2, 0.25) is 0 Å². The highest BCUT2D eigenvalue weighted by Gasteiger charge is 2.27. The fourth-order valence-electron chi connectivity index (χ4n) is 8.61. The summed E-state index contributed by atoms with van der Waals surface area (Å²) >= 11 is 0. The first-order valence-electron chi connectivity index (χ1n) is 19.1. The second kappa shape index (κ2) is 13.7. The largest absolute Gasteiger partial charge is 0.314 e. The summed E-state index contributed by atoms with van der Waals surface area (Å²) in [6, 6.07) is 55.1. The van der Waals surface area contributed by atoms with Crippen molar-refractivity contribution in [3.05, 3.63) is 223 Å². The van der Waals surface area contributed by atoms with Crippen molar-refractivity contribution in [2.24, 2.45) is 11.8 Å². The van der Waals surface area contributed by atoms with Crippen LogP contribution in [0, 0.1) is 11.8 Å². The summed E-state index contributed by atoms with van der Waals surface area (Å²) in [5.74, 6) is 0.866. The maximum absolute atomic E-state index is 2.45. The van der Waals surface area contributed by atoms with Crippen molar-refractivity contribution in [2.75, 3.05) is 4.90 Å². The molecule has 0 spiro atoms. The van der Waals surface area contributed by atoms with E-state index in [1.807, 2.05) is 0 Å². The molecule has 0 bridgehead atoms. The second-order valence-corrected chi connectivity index (χ2v) is 14.4. The number of rotatable bonds is 7. The zero-order chi connectivity index (χ0) is 35.8. The fraction of sp³-hybridized carbons (Fsp3) is 0.0769. The van der Waals surface area contributed by atoms with E-state index in [1.165, 1.54) is 72.3 Å². The predicted octanol–water partition coefficient (Wildman–Crippen LogP) is 13.7. The van der Waals surface area contributed by atoms with Crippen molar-refractivity contribution in [3.8, 4) is 27.9 Å². The van der Waals surface area contributed by atoms with Crippen LogP contribution in [0.5, 0.6) is 0 Å². The van der Waals surface area contributed by atoms with Crippen LogP contribution in [-0.2, 0) is 0 Å². The van der Waals surface area contributed by atoms with E-state index >= 15 is 0 Å². The molecule has 0 aliphatic heterocycles. The maximum Gasteiger partial charge on any atom is 0.0547 e. The monoisotopic (exact) mass is 692 g/mol. The second-order valence-electron chi connectivity index (χ2n) is 14.4. The molecule has 2 nitrogen and oxygen atoms in total. The minimum absolute atomic E-state index is 0.420. The van der Waals surface area contributed by atoms with E-state index in [2.05, 4.69) is 216 Å². The highest BCUT2D eigenvalue weighted by Crippen LogP contribution is 2.42. The van der Waals surface area contributed by atoms with Crippen LogP contribution in [0.3, 0.4) is 0 Å². The molecule has 0 saturated heterocycles. The van der Waals surface area contributed by atoms with Gasteiger partial charge in [0.25, 0.3) is 0 Å². The molecule has 2 unspecified atom stereocenters. The number of aromatic nitrogens is 1. The molecule has 10 rings (SSSR count). The third-order valence-corrected chi connectivity index (χ3v) is 11.3. The van der Waals surface area contributed by atoms with E-state index in [0.29, 0.717) is 11.8 Å². The number of anilines is 2. The molecular formula is C52H40N2. The molecule has 1 aromatic heterocycles. The summed E-state index contributed by atoms with van der Waals surface area (Å²) in [4.78, 5) is 2.45. The SMILES string of the molecule is C1=CC2C=CC=C(C3=CC=C(N(c4ccc(-c5ccccc5)cc4)c4ccc(-c5ccc6c7ccccc7n(-c7ccccc7)c6c5)cc4)CC3)C2C=C1. The van der Waals surface area contributed by atoms with Crippen LogP contribution < -0.4 is 4.90 Å². The van der Waals surface area contributed by atoms with E-state index in [-0.39, 0.29) is 0 Å². The molecule has 0 fully saturated rings. The van der Waals surface area contributed by atoms with Crippen molar-refractivity contribution in [1.29, 1.82) is 0 Å². The molecule has 0 amide bonds. The smallest absolute Gasteiger partial charge is 0.0547 e. The first-order chi connectivity index (χ1) is 26.8. The van der Waals surface area contributed by atoms with Crippen LogP contribution in [0.1, 0.15) is 12.8 Å². The summed E-state index contributed by atoms with van der Waals surface area (Å²) in [7, 11) is 0. The molecule has 2 atom stereocenters. The van der Waals surface area contributed by atoms with Gasteiger partial charge < -0.3 is 9.47 Å². The normalized spacial score (nSPS) is 17.6. The molecule has 6 aromatic carbocycles. The third-order valence-electron chi connectivity index (χ3n) is 11.3. The Morgan fingerprint density at radius 2 is 1.07 bits per heavy atom. The van der Waals surface area contributed by atoms with E-state index in [0.717, 1.165) is 18.5 Å². The van der Waals surface area contributed by atoms with Crippen molar-refractivity contribution < 1.29 is 0 Å².